The van der Waals surface area contributed by atoms with Crippen molar-refractivity contribution in [3.05, 3.63) is 34.0 Å². The third-order valence-corrected chi connectivity index (χ3v) is 6.36. The summed E-state index contributed by atoms with van der Waals surface area (Å²) < 4.78 is 5.07. The lowest BCUT2D eigenvalue weighted by Crippen LogP contribution is -3.15. The first-order valence-electron chi connectivity index (χ1n) is 9.08. The number of rotatable bonds is 2. The van der Waals surface area contributed by atoms with Gasteiger partial charge in [0.15, 0.2) is 0 Å². The van der Waals surface area contributed by atoms with Crippen molar-refractivity contribution >= 4 is 11.8 Å². The number of esters is 1. The van der Waals surface area contributed by atoms with Gasteiger partial charge >= 0.3 is 5.97 Å². The van der Waals surface area contributed by atoms with Crippen molar-refractivity contribution in [1.29, 1.82) is 0 Å². The molecule has 1 aliphatic heterocycles. The third-order valence-electron chi connectivity index (χ3n) is 6.36. The highest BCUT2D eigenvalue weighted by molar-refractivity contribution is 5.95. The summed E-state index contributed by atoms with van der Waals surface area (Å²) in [7, 11) is 0. The van der Waals surface area contributed by atoms with Crippen molar-refractivity contribution in [3.8, 4) is 5.75 Å². The zero-order valence-corrected chi connectivity index (χ0v) is 14.3. The van der Waals surface area contributed by atoms with Gasteiger partial charge in [0, 0.05) is 30.7 Å². The summed E-state index contributed by atoms with van der Waals surface area (Å²) in [6, 6.07) is 2.95. The van der Waals surface area contributed by atoms with E-state index in [2.05, 4.69) is 0 Å². The van der Waals surface area contributed by atoms with Crippen LogP contribution < -0.4 is 5.06 Å². The van der Waals surface area contributed by atoms with Crippen molar-refractivity contribution in [1.82, 2.24) is 0 Å². The Morgan fingerprint density at radius 2 is 2.28 bits per heavy atom. The number of carbonyl (C=O) groups excluding carboxylic acids is 2. The van der Waals surface area contributed by atoms with Gasteiger partial charge in [0.2, 0.25) is 0 Å². The molecule has 3 aliphatic rings. The molecule has 4 rings (SSSR count). The van der Waals surface area contributed by atoms with Gasteiger partial charge in [-0.15, -0.1) is 0 Å². The van der Waals surface area contributed by atoms with Crippen LogP contribution in [0.3, 0.4) is 0 Å². The maximum atomic E-state index is 13.0. The molecule has 1 heterocycles. The van der Waals surface area contributed by atoms with Crippen molar-refractivity contribution in [3.63, 3.8) is 0 Å². The van der Waals surface area contributed by atoms with Gasteiger partial charge in [0.25, 0.3) is 0 Å². The van der Waals surface area contributed by atoms with E-state index >= 15 is 0 Å². The van der Waals surface area contributed by atoms with Crippen molar-refractivity contribution in [2.24, 2.45) is 5.92 Å². The van der Waals surface area contributed by atoms with Crippen LogP contribution in [0.2, 0.25) is 0 Å². The number of hydroxylamine groups is 2. The molecule has 25 heavy (non-hydrogen) atoms. The molecule has 0 spiro atoms. The number of aromatic hydroxyl groups is 1. The second-order valence-corrected chi connectivity index (χ2v) is 7.41. The minimum absolute atomic E-state index is 0.000606. The third kappa shape index (κ3) is 2.24. The molecule has 2 fully saturated rings. The Kier molecular flexibility index (Phi) is 3.85. The Morgan fingerprint density at radius 1 is 1.48 bits per heavy atom. The van der Waals surface area contributed by atoms with E-state index in [-0.39, 0.29) is 40.7 Å². The van der Waals surface area contributed by atoms with Gasteiger partial charge in [0.1, 0.15) is 11.5 Å². The molecule has 1 saturated carbocycles. The van der Waals surface area contributed by atoms with Gasteiger partial charge in [-0.3, -0.25) is 4.79 Å². The number of piperidine rings is 1. The first kappa shape index (κ1) is 16.5. The lowest BCUT2D eigenvalue weighted by Gasteiger charge is -2.56. The number of quaternary nitrogens is 1. The number of fused-ring (bicyclic) bond motifs is 1. The number of phenols is 1. The monoisotopic (exact) mass is 345 g/mol. The maximum Gasteiger partial charge on any atom is 0.338 e. The van der Waals surface area contributed by atoms with Crippen LogP contribution in [-0.2, 0) is 21.4 Å². The predicted octanol–water partition coefficient (Wildman–Crippen LogP) is 0.887. The fraction of sp³-hybridized carbons (Fsp3) is 0.579. The summed E-state index contributed by atoms with van der Waals surface area (Å²) in [6.45, 7) is 2.38. The van der Waals surface area contributed by atoms with E-state index in [1.807, 2.05) is 0 Å². The SMILES string of the molecule is CCOC(=O)c1cc(O)c2c(c1)[C@]13CC[NH+]([O-])[C@H](C2)[C@@H]1CCCC3=O. The van der Waals surface area contributed by atoms with Crippen LogP contribution in [0.25, 0.3) is 0 Å². The summed E-state index contributed by atoms with van der Waals surface area (Å²) in [5.41, 5.74) is 0.983. The number of benzene rings is 1. The fourth-order valence-electron chi connectivity index (χ4n) is 5.32. The highest BCUT2D eigenvalue weighted by Gasteiger charge is 2.59. The molecule has 0 amide bonds. The van der Waals surface area contributed by atoms with Crippen molar-refractivity contribution in [2.45, 2.75) is 50.5 Å². The molecule has 6 heteroatoms. The van der Waals surface area contributed by atoms with Gasteiger partial charge in [-0.1, -0.05) is 0 Å². The normalized spacial score (nSPS) is 33.4. The largest absolute Gasteiger partial charge is 0.634 e. The lowest BCUT2D eigenvalue weighted by molar-refractivity contribution is -0.888. The van der Waals surface area contributed by atoms with E-state index in [1.165, 1.54) is 6.07 Å². The molecule has 4 atom stereocenters. The van der Waals surface area contributed by atoms with Gasteiger partial charge in [-0.05, 0) is 37.5 Å². The predicted molar refractivity (Wildman–Crippen MR) is 89.4 cm³/mol. The highest BCUT2D eigenvalue weighted by Crippen LogP contribution is 2.52. The average Bonchev–Trinajstić information content (AvgIpc) is 2.59. The maximum absolute atomic E-state index is 13.0. The molecule has 6 nitrogen and oxygen atoms in total. The van der Waals surface area contributed by atoms with Crippen LogP contribution in [-0.4, -0.2) is 36.1 Å². The zero-order chi connectivity index (χ0) is 17.8. The molecule has 2 aliphatic carbocycles. The molecule has 0 aromatic heterocycles. The lowest BCUT2D eigenvalue weighted by atomic mass is 9.52. The van der Waals surface area contributed by atoms with Gasteiger partial charge in [-0.25, -0.2) is 4.79 Å². The quantitative estimate of drug-likeness (QED) is 0.613. The standard InChI is InChI=1S/C19H23NO5/c1-2-25-18(23)11-8-14-12(16(21)9-11)10-15-13-4-3-5-17(22)19(13,14)6-7-20(15)24/h8-9,13,15,20-21H,2-7,10H2,1H3/t13-,15+,19-/m0/s1. The van der Waals surface area contributed by atoms with Crippen LogP contribution in [0.5, 0.6) is 5.75 Å². The molecule has 0 radical (unpaired) electrons. The second kappa shape index (κ2) is 5.81. The number of hydrogen-bond donors (Lipinski definition) is 2. The molecule has 1 saturated heterocycles. The first-order chi connectivity index (χ1) is 12.0. The molecular formula is C19H23NO5. The second-order valence-electron chi connectivity index (χ2n) is 7.41. The number of nitrogens with one attached hydrogen (secondary N) is 1. The number of ether oxygens (including phenoxy) is 1. The minimum Gasteiger partial charge on any atom is -0.634 e. The number of phenolic OH excluding ortho intramolecular Hbond substituents is 1. The average molecular weight is 345 g/mol. The van der Waals surface area contributed by atoms with E-state index in [0.717, 1.165) is 18.4 Å². The molecule has 2 bridgehead atoms. The van der Waals surface area contributed by atoms with Gasteiger partial charge < -0.3 is 20.1 Å². The number of hydrogen-bond acceptors (Lipinski definition) is 5. The summed E-state index contributed by atoms with van der Waals surface area (Å²) in [6.07, 6.45) is 3.12. The Labute approximate surface area is 146 Å². The van der Waals surface area contributed by atoms with E-state index in [9.17, 15) is 19.9 Å². The Balaban J connectivity index is 1.91. The molecule has 1 unspecified atom stereocenters. The Hall–Kier alpha value is -1.92. The van der Waals surface area contributed by atoms with E-state index in [4.69, 9.17) is 4.74 Å². The van der Waals surface area contributed by atoms with Crippen LogP contribution in [0.15, 0.2) is 12.1 Å². The molecule has 134 valence electrons. The van der Waals surface area contributed by atoms with Crippen LogP contribution >= 0.6 is 0 Å². The van der Waals surface area contributed by atoms with E-state index in [0.29, 0.717) is 31.4 Å². The highest BCUT2D eigenvalue weighted by atomic mass is 16.5. The van der Waals surface area contributed by atoms with Crippen LogP contribution in [0, 0.1) is 11.1 Å². The smallest absolute Gasteiger partial charge is 0.338 e. The Bertz CT molecular complexity index is 746. The van der Waals surface area contributed by atoms with Crippen LogP contribution in [0.4, 0.5) is 0 Å². The van der Waals surface area contributed by atoms with Crippen LogP contribution in [0.1, 0.15) is 54.1 Å². The van der Waals surface area contributed by atoms with Gasteiger partial charge in [-0.2, -0.15) is 0 Å². The van der Waals surface area contributed by atoms with Crippen molar-refractivity contribution < 1.29 is 24.5 Å². The zero-order valence-electron chi connectivity index (χ0n) is 14.3. The Morgan fingerprint density at radius 3 is 3.04 bits per heavy atom. The number of Topliss-reactive ketones (excluding diaryl/α,β-unsaturated/α-hetero) is 1. The summed E-state index contributed by atoms with van der Waals surface area (Å²) in [5.74, 6) is -0.343. The van der Waals surface area contributed by atoms with E-state index in [1.54, 1.807) is 13.0 Å². The van der Waals surface area contributed by atoms with Crippen molar-refractivity contribution in [2.75, 3.05) is 13.2 Å². The molecule has 1 aromatic carbocycles. The fourth-order valence-corrected chi connectivity index (χ4v) is 5.32. The summed E-state index contributed by atoms with van der Waals surface area (Å²) in [4.78, 5) is 25.2. The summed E-state index contributed by atoms with van der Waals surface area (Å²) in [5, 5.41) is 23.2. The molecule has 2 N–H and O–H groups in total. The number of ketones is 1. The number of carbonyl (C=O) groups is 2. The molecule has 1 aromatic rings. The summed E-state index contributed by atoms with van der Waals surface area (Å²) >= 11 is 0. The van der Waals surface area contributed by atoms with Gasteiger partial charge in [0.05, 0.1) is 30.2 Å². The minimum atomic E-state index is -0.718. The van der Waals surface area contributed by atoms with E-state index < -0.39 is 11.4 Å². The topological polar surface area (TPSA) is 91.1 Å². The first-order valence-corrected chi connectivity index (χ1v) is 9.08. The molecular weight excluding hydrogens is 322 g/mol.